The normalized spacial score (nSPS) is 16.2. The second-order valence-electron chi connectivity index (χ2n) is 8.28. The van der Waals surface area contributed by atoms with Crippen molar-refractivity contribution in [1.29, 1.82) is 0 Å². The second kappa shape index (κ2) is 8.57. The largest absolute Gasteiger partial charge is 0.356 e. The number of piperidine rings is 1. The van der Waals surface area contributed by atoms with Crippen LogP contribution in [0.1, 0.15) is 35.9 Å². The Hall–Kier alpha value is -3.88. The molecule has 1 saturated heterocycles. The Morgan fingerprint density at radius 1 is 1.15 bits per heavy atom. The van der Waals surface area contributed by atoms with Gasteiger partial charge in [-0.2, -0.15) is 4.98 Å². The molecule has 5 rings (SSSR count). The maximum atomic E-state index is 13.5. The van der Waals surface area contributed by atoms with Gasteiger partial charge < -0.3 is 14.4 Å². The van der Waals surface area contributed by atoms with E-state index in [4.69, 9.17) is 4.52 Å². The summed E-state index contributed by atoms with van der Waals surface area (Å²) in [6, 6.07) is 10.0. The molecule has 0 saturated carbocycles. The van der Waals surface area contributed by atoms with Gasteiger partial charge in [0.15, 0.2) is 0 Å². The van der Waals surface area contributed by atoms with Gasteiger partial charge in [0.2, 0.25) is 11.7 Å². The molecular weight excluding hydrogens is 423 g/mol. The summed E-state index contributed by atoms with van der Waals surface area (Å²) in [5.41, 5.74) is 2.52. The van der Waals surface area contributed by atoms with Crippen LogP contribution in [0.2, 0.25) is 0 Å². The number of nitrogens with one attached hydrogen (secondary N) is 1. The first kappa shape index (κ1) is 21.0. The maximum absolute atomic E-state index is 13.5. The average molecular weight is 446 g/mol. The Kier molecular flexibility index (Phi) is 5.45. The number of aromatic nitrogens is 5. The van der Waals surface area contributed by atoms with Crippen LogP contribution >= 0.6 is 0 Å². The minimum absolute atomic E-state index is 0.0628. The predicted octanol–water partition coefficient (Wildman–Crippen LogP) is 4.02. The van der Waals surface area contributed by atoms with Crippen LogP contribution in [0.5, 0.6) is 0 Å². The number of H-pyrrole nitrogens is 1. The van der Waals surface area contributed by atoms with Gasteiger partial charge in [0.25, 0.3) is 5.56 Å². The van der Waals surface area contributed by atoms with Crippen molar-refractivity contribution < 1.29 is 8.91 Å². The van der Waals surface area contributed by atoms with E-state index < -0.39 is 0 Å². The van der Waals surface area contributed by atoms with Gasteiger partial charge in [-0.3, -0.25) is 4.79 Å². The van der Waals surface area contributed by atoms with Gasteiger partial charge in [-0.1, -0.05) is 17.3 Å². The van der Waals surface area contributed by atoms with E-state index in [-0.39, 0.29) is 17.3 Å². The van der Waals surface area contributed by atoms with E-state index in [1.54, 1.807) is 25.3 Å². The first-order valence-electron chi connectivity index (χ1n) is 10.9. The highest BCUT2D eigenvalue weighted by atomic mass is 19.1. The Labute approximate surface area is 189 Å². The minimum Gasteiger partial charge on any atom is -0.356 e. The number of nitrogens with zero attached hydrogens (tertiary/aromatic N) is 5. The van der Waals surface area contributed by atoms with Crippen LogP contribution in [0, 0.1) is 19.7 Å². The van der Waals surface area contributed by atoms with Crippen molar-refractivity contribution in [3.63, 3.8) is 0 Å². The van der Waals surface area contributed by atoms with Gasteiger partial charge in [-0.05, 0) is 51.0 Å². The molecule has 1 atom stereocenters. The molecule has 1 unspecified atom stereocenters. The maximum Gasteiger partial charge on any atom is 0.254 e. The van der Waals surface area contributed by atoms with Crippen LogP contribution in [0.4, 0.5) is 10.2 Å². The van der Waals surface area contributed by atoms with Crippen LogP contribution < -0.4 is 10.5 Å². The van der Waals surface area contributed by atoms with Crippen molar-refractivity contribution in [1.82, 2.24) is 25.1 Å². The quantitative estimate of drug-likeness (QED) is 0.505. The molecule has 1 aliphatic rings. The molecule has 0 spiro atoms. The molecule has 0 amide bonds. The second-order valence-corrected chi connectivity index (χ2v) is 8.28. The number of pyridine rings is 1. The summed E-state index contributed by atoms with van der Waals surface area (Å²) < 4.78 is 19.0. The summed E-state index contributed by atoms with van der Waals surface area (Å²) >= 11 is 0. The van der Waals surface area contributed by atoms with E-state index in [1.807, 2.05) is 19.1 Å². The summed E-state index contributed by atoms with van der Waals surface area (Å²) in [5.74, 6) is 2.01. The van der Waals surface area contributed by atoms with Crippen molar-refractivity contribution in [3.05, 3.63) is 75.9 Å². The van der Waals surface area contributed by atoms with Crippen molar-refractivity contribution in [2.75, 3.05) is 18.0 Å². The van der Waals surface area contributed by atoms with E-state index in [0.29, 0.717) is 40.9 Å². The lowest BCUT2D eigenvalue weighted by Crippen LogP contribution is -2.35. The SMILES string of the molecule is Cc1nc(-c2ccc(N3CCCC(c4nc(-c5cccc(F)c5)no4)C3)nc2)[nH]c(=O)c1C. The number of aromatic amines is 1. The van der Waals surface area contributed by atoms with Crippen molar-refractivity contribution in [3.8, 4) is 22.8 Å². The van der Waals surface area contributed by atoms with Gasteiger partial charge in [0, 0.05) is 41.7 Å². The third-order valence-electron chi connectivity index (χ3n) is 6.04. The summed E-state index contributed by atoms with van der Waals surface area (Å²) in [5, 5.41) is 4.04. The first-order valence-corrected chi connectivity index (χ1v) is 10.9. The fourth-order valence-electron chi connectivity index (χ4n) is 4.03. The minimum atomic E-state index is -0.336. The molecule has 1 N–H and O–H groups in total. The summed E-state index contributed by atoms with van der Waals surface area (Å²) in [7, 11) is 0. The van der Waals surface area contributed by atoms with Crippen LogP contribution in [-0.4, -0.2) is 38.2 Å². The van der Waals surface area contributed by atoms with Gasteiger partial charge in [0.1, 0.15) is 17.5 Å². The van der Waals surface area contributed by atoms with E-state index in [2.05, 4.69) is 30.0 Å². The third-order valence-corrected chi connectivity index (χ3v) is 6.04. The van der Waals surface area contributed by atoms with E-state index in [1.165, 1.54) is 12.1 Å². The topological polar surface area (TPSA) is 101 Å². The molecule has 0 aliphatic carbocycles. The zero-order valence-electron chi connectivity index (χ0n) is 18.4. The number of benzene rings is 1. The lowest BCUT2D eigenvalue weighted by atomic mass is 9.98. The molecular formula is C24H23FN6O2. The van der Waals surface area contributed by atoms with Gasteiger partial charge in [-0.25, -0.2) is 14.4 Å². The molecule has 4 aromatic rings. The van der Waals surface area contributed by atoms with Crippen molar-refractivity contribution in [2.45, 2.75) is 32.6 Å². The molecule has 1 aliphatic heterocycles. The van der Waals surface area contributed by atoms with Gasteiger partial charge in [-0.15, -0.1) is 0 Å². The fraction of sp³-hybridized carbons (Fsp3) is 0.292. The number of anilines is 1. The summed E-state index contributed by atoms with van der Waals surface area (Å²) in [4.78, 5) is 30.6. The Balaban J connectivity index is 1.33. The highest BCUT2D eigenvalue weighted by Crippen LogP contribution is 2.30. The molecule has 4 heterocycles. The highest BCUT2D eigenvalue weighted by Gasteiger charge is 2.27. The monoisotopic (exact) mass is 446 g/mol. The lowest BCUT2D eigenvalue weighted by Gasteiger charge is -2.31. The van der Waals surface area contributed by atoms with E-state index in [0.717, 1.165) is 30.8 Å². The van der Waals surface area contributed by atoms with E-state index in [9.17, 15) is 9.18 Å². The number of halogens is 1. The Bertz CT molecular complexity index is 1350. The van der Waals surface area contributed by atoms with Crippen molar-refractivity contribution >= 4 is 5.82 Å². The van der Waals surface area contributed by atoms with Crippen LogP contribution in [0.3, 0.4) is 0 Å². The molecule has 168 valence electrons. The van der Waals surface area contributed by atoms with Crippen LogP contribution in [0.25, 0.3) is 22.8 Å². The molecule has 9 heteroatoms. The lowest BCUT2D eigenvalue weighted by molar-refractivity contribution is 0.333. The molecule has 3 aromatic heterocycles. The Morgan fingerprint density at radius 2 is 2.03 bits per heavy atom. The number of aryl methyl sites for hydroxylation is 1. The predicted molar refractivity (Wildman–Crippen MR) is 121 cm³/mol. The molecule has 0 radical (unpaired) electrons. The van der Waals surface area contributed by atoms with Crippen molar-refractivity contribution in [2.24, 2.45) is 0 Å². The average Bonchev–Trinajstić information content (AvgIpc) is 3.33. The van der Waals surface area contributed by atoms with Gasteiger partial charge >= 0.3 is 0 Å². The highest BCUT2D eigenvalue weighted by molar-refractivity contribution is 5.57. The molecule has 1 aromatic carbocycles. The standard InChI is InChI=1S/C24H23FN6O2/c1-14-15(2)27-21(28-23(14)32)17-8-9-20(26-12-17)31-10-4-6-18(13-31)24-29-22(30-33-24)16-5-3-7-19(25)11-16/h3,5,7-9,11-12,18H,4,6,10,13H2,1-2H3,(H,27,28,32). The fourth-order valence-corrected chi connectivity index (χ4v) is 4.03. The Morgan fingerprint density at radius 3 is 2.79 bits per heavy atom. The summed E-state index contributed by atoms with van der Waals surface area (Å²) in [6.45, 7) is 5.13. The third kappa shape index (κ3) is 4.26. The molecule has 33 heavy (non-hydrogen) atoms. The summed E-state index contributed by atoms with van der Waals surface area (Å²) in [6.07, 6.45) is 3.60. The zero-order valence-corrected chi connectivity index (χ0v) is 18.4. The number of rotatable bonds is 4. The number of hydrogen-bond donors (Lipinski definition) is 1. The molecule has 8 nitrogen and oxygen atoms in total. The van der Waals surface area contributed by atoms with Crippen LogP contribution in [0.15, 0.2) is 51.9 Å². The van der Waals surface area contributed by atoms with Gasteiger partial charge in [0.05, 0.1) is 5.92 Å². The zero-order chi connectivity index (χ0) is 22.9. The van der Waals surface area contributed by atoms with E-state index >= 15 is 0 Å². The molecule has 1 fully saturated rings. The van der Waals surface area contributed by atoms with Crippen LogP contribution in [-0.2, 0) is 0 Å². The first-order chi connectivity index (χ1) is 16.0. The number of hydrogen-bond acceptors (Lipinski definition) is 7. The molecule has 0 bridgehead atoms. The smallest absolute Gasteiger partial charge is 0.254 e.